The van der Waals surface area contributed by atoms with Crippen LogP contribution in [0, 0.1) is 10.1 Å². The van der Waals surface area contributed by atoms with Crippen LogP contribution in [-0.4, -0.2) is 23.4 Å². The number of azide groups is 1. The predicted molar refractivity (Wildman–Crippen MR) is 62.5 cm³/mol. The van der Waals surface area contributed by atoms with Gasteiger partial charge in [-0.2, -0.15) is 0 Å². The van der Waals surface area contributed by atoms with Crippen molar-refractivity contribution < 1.29 is 19.2 Å². The molecule has 0 bridgehead atoms. The predicted octanol–water partition coefficient (Wildman–Crippen LogP) is 2.22. The molecule has 0 aliphatic carbocycles. The number of rotatable bonds is 4. The van der Waals surface area contributed by atoms with E-state index in [4.69, 9.17) is 5.53 Å². The minimum absolute atomic E-state index is 0.0384. The highest BCUT2D eigenvalue weighted by Crippen LogP contribution is 2.24. The van der Waals surface area contributed by atoms with Crippen molar-refractivity contribution in [2.24, 2.45) is 5.11 Å². The van der Waals surface area contributed by atoms with Gasteiger partial charge in [0, 0.05) is 11.0 Å². The zero-order chi connectivity index (χ0) is 14.4. The van der Waals surface area contributed by atoms with Gasteiger partial charge in [-0.1, -0.05) is 6.07 Å². The number of hydrogen-bond donors (Lipinski definition) is 0. The lowest BCUT2D eigenvalue weighted by atomic mass is 10.0. The van der Waals surface area contributed by atoms with Crippen LogP contribution < -0.4 is 0 Å². The zero-order valence-electron chi connectivity index (χ0n) is 9.77. The summed E-state index contributed by atoms with van der Waals surface area (Å²) in [5.41, 5.74) is 6.70. The summed E-state index contributed by atoms with van der Waals surface area (Å²) in [6.45, 7) is 1.58. The van der Waals surface area contributed by atoms with E-state index in [0.717, 1.165) is 6.07 Å². The van der Waals surface area contributed by atoms with Crippen LogP contribution in [-0.2, 0) is 4.74 Å². The summed E-state index contributed by atoms with van der Waals surface area (Å²) in [4.78, 5) is 35.4. The Kier molecular flexibility index (Phi) is 4.56. The Morgan fingerprint density at radius 2 is 2.21 bits per heavy atom. The lowest BCUT2D eigenvalue weighted by Gasteiger charge is -2.06. The Morgan fingerprint density at radius 3 is 2.74 bits per heavy atom. The number of ether oxygens (including phenoxy) is 1. The van der Waals surface area contributed by atoms with E-state index >= 15 is 0 Å². The Hall–Kier alpha value is -2.93. The van der Waals surface area contributed by atoms with Gasteiger partial charge in [-0.15, -0.1) is 0 Å². The average molecular weight is 264 g/mol. The Morgan fingerprint density at radius 1 is 1.53 bits per heavy atom. The van der Waals surface area contributed by atoms with Gasteiger partial charge >= 0.3 is 5.97 Å². The second kappa shape index (κ2) is 6.12. The smallest absolute Gasteiger partial charge is 0.339 e. The van der Waals surface area contributed by atoms with Crippen molar-refractivity contribution in [1.29, 1.82) is 0 Å². The third-order valence-corrected chi connectivity index (χ3v) is 2.08. The second-order valence-corrected chi connectivity index (χ2v) is 3.17. The molecular formula is C10H8N4O5. The maximum Gasteiger partial charge on any atom is 0.339 e. The molecule has 0 spiro atoms. The highest BCUT2D eigenvalue weighted by atomic mass is 16.6. The lowest BCUT2D eigenvalue weighted by Crippen LogP contribution is -2.12. The third-order valence-electron chi connectivity index (χ3n) is 2.08. The van der Waals surface area contributed by atoms with Gasteiger partial charge in [-0.25, -0.2) is 4.79 Å². The van der Waals surface area contributed by atoms with Gasteiger partial charge in [0.05, 0.1) is 17.1 Å². The van der Waals surface area contributed by atoms with Crippen LogP contribution in [0.2, 0.25) is 0 Å². The highest BCUT2D eigenvalue weighted by Gasteiger charge is 2.27. The molecule has 0 radical (unpaired) electrons. The summed E-state index contributed by atoms with van der Waals surface area (Å²) in [6, 6.07) is 3.45. The number of carbonyl (C=O) groups excluding carboxylic acids is 2. The number of carbonyl (C=O) groups is 2. The maximum atomic E-state index is 11.6. The minimum atomic E-state index is -1.21. The van der Waals surface area contributed by atoms with E-state index in [1.807, 2.05) is 0 Å². The van der Waals surface area contributed by atoms with Gasteiger partial charge in [-0.3, -0.25) is 14.9 Å². The number of amides is 1. The van der Waals surface area contributed by atoms with Gasteiger partial charge in [0.2, 0.25) is 0 Å². The molecule has 0 saturated heterocycles. The number of nitrogens with zero attached hydrogens (tertiary/aromatic N) is 4. The molecule has 0 aliphatic heterocycles. The van der Waals surface area contributed by atoms with E-state index in [0.29, 0.717) is 0 Å². The fourth-order valence-electron chi connectivity index (χ4n) is 1.39. The molecular weight excluding hydrogens is 256 g/mol. The average Bonchev–Trinajstić information content (AvgIpc) is 2.38. The number of nitro groups is 1. The fraction of sp³-hybridized carbons (Fsp3) is 0.200. The van der Waals surface area contributed by atoms with E-state index in [2.05, 4.69) is 14.8 Å². The number of hydrogen-bond acceptors (Lipinski definition) is 5. The maximum absolute atomic E-state index is 11.6. The molecule has 0 unspecified atom stereocenters. The molecule has 98 valence electrons. The van der Waals surface area contributed by atoms with Gasteiger partial charge in [-0.05, 0) is 23.6 Å². The molecule has 1 rings (SSSR count). The van der Waals surface area contributed by atoms with Gasteiger partial charge in [0.1, 0.15) is 5.56 Å². The highest BCUT2D eigenvalue weighted by molar-refractivity contribution is 6.08. The van der Waals surface area contributed by atoms with Crippen LogP contribution in [0.4, 0.5) is 5.69 Å². The SMILES string of the molecule is CCOC(=O)c1cccc([N+](=O)[O-])c1C(=O)N=[N+]=[N-]. The van der Waals surface area contributed by atoms with Crippen LogP contribution in [0.3, 0.4) is 0 Å². The van der Waals surface area contributed by atoms with Crippen molar-refractivity contribution in [3.63, 3.8) is 0 Å². The first-order valence-corrected chi connectivity index (χ1v) is 5.06. The number of nitro benzene ring substituents is 1. The van der Waals surface area contributed by atoms with E-state index in [-0.39, 0.29) is 12.2 Å². The summed E-state index contributed by atoms with van der Waals surface area (Å²) in [5, 5.41) is 13.6. The normalized spacial score (nSPS) is 9.32. The molecule has 19 heavy (non-hydrogen) atoms. The van der Waals surface area contributed by atoms with Crippen LogP contribution in [0.5, 0.6) is 0 Å². The van der Waals surface area contributed by atoms with Crippen molar-refractivity contribution in [1.82, 2.24) is 0 Å². The summed E-state index contributed by atoms with van der Waals surface area (Å²) in [6.07, 6.45) is 0. The van der Waals surface area contributed by atoms with E-state index in [1.165, 1.54) is 12.1 Å². The molecule has 1 aromatic rings. The molecule has 0 aliphatic rings. The van der Waals surface area contributed by atoms with E-state index in [1.54, 1.807) is 6.92 Å². The summed E-state index contributed by atoms with van der Waals surface area (Å²) < 4.78 is 4.68. The lowest BCUT2D eigenvalue weighted by molar-refractivity contribution is -0.385. The molecule has 1 aromatic carbocycles. The second-order valence-electron chi connectivity index (χ2n) is 3.17. The molecule has 0 heterocycles. The molecule has 1 amide bonds. The number of esters is 1. The minimum Gasteiger partial charge on any atom is -0.462 e. The first-order valence-electron chi connectivity index (χ1n) is 5.06. The first-order chi connectivity index (χ1) is 9.02. The van der Waals surface area contributed by atoms with Crippen molar-refractivity contribution >= 4 is 17.6 Å². The summed E-state index contributed by atoms with van der Waals surface area (Å²) >= 11 is 0. The molecule has 0 fully saturated rings. The Bertz CT molecular complexity index is 592. The van der Waals surface area contributed by atoms with Crippen LogP contribution in [0.15, 0.2) is 23.3 Å². The Labute approximate surface area is 106 Å². The largest absolute Gasteiger partial charge is 0.462 e. The van der Waals surface area contributed by atoms with Gasteiger partial charge in [0.25, 0.3) is 11.6 Å². The van der Waals surface area contributed by atoms with Crippen LogP contribution >= 0.6 is 0 Å². The Balaban J connectivity index is 3.50. The van der Waals surface area contributed by atoms with Gasteiger partial charge < -0.3 is 4.74 Å². The van der Waals surface area contributed by atoms with Crippen molar-refractivity contribution in [2.75, 3.05) is 6.61 Å². The molecule has 0 atom stereocenters. The molecule has 9 heteroatoms. The molecule has 9 nitrogen and oxygen atoms in total. The fourth-order valence-corrected chi connectivity index (χ4v) is 1.39. The van der Waals surface area contributed by atoms with Gasteiger partial charge in [0.15, 0.2) is 0 Å². The monoisotopic (exact) mass is 264 g/mol. The van der Waals surface area contributed by atoms with Crippen molar-refractivity contribution in [2.45, 2.75) is 6.92 Å². The summed E-state index contributed by atoms with van der Waals surface area (Å²) in [7, 11) is 0. The van der Waals surface area contributed by atoms with Crippen LogP contribution in [0.1, 0.15) is 27.6 Å². The molecule has 0 aromatic heterocycles. The summed E-state index contributed by atoms with van der Waals surface area (Å²) in [5.74, 6) is -2.11. The van der Waals surface area contributed by atoms with E-state index in [9.17, 15) is 19.7 Å². The quantitative estimate of drug-likeness (QED) is 0.205. The molecule has 0 saturated carbocycles. The topological polar surface area (TPSA) is 135 Å². The molecule has 0 N–H and O–H groups in total. The number of benzene rings is 1. The van der Waals surface area contributed by atoms with Crippen molar-refractivity contribution in [3.8, 4) is 0 Å². The first kappa shape index (κ1) is 14.1. The van der Waals surface area contributed by atoms with Crippen molar-refractivity contribution in [3.05, 3.63) is 49.9 Å². The van der Waals surface area contributed by atoms with E-state index < -0.39 is 28.1 Å². The standard InChI is InChI=1S/C10H8N4O5/c1-2-19-10(16)6-4-3-5-7(14(17)18)8(6)9(15)12-13-11/h3-5H,2H2,1H3. The zero-order valence-corrected chi connectivity index (χ0v) is 9.77. The van der Waals surface area contributed by atoms with Crippen LogP contribution in [0.25, 0.3) is 10.4 Å². The third kappa shape index (κ3) is 3.05.